The highest BCUT2D eigenvalue weighted by Crippen LogP contribution is 2.15. The second-order valence-corrected chi connectivity index (χ2v) is 6.83. The maximum Gasteiger partial charge on any atom is 0.407 e. The summed E-state index contributed by atoms with van der Waals surface area (Å²) >= 11 is 0. The van der Waals surface area contributed by atoms with E-state index in [9.17, 15) is 9.59 Å². The lowest BCUT2D eigenvalue weighted by Gasteiger charge is -2.21. The van der Waals surface area contributed by atoms with Crippen molar-refractivity contribution in [1.29, 1.82) is 0 Å². The zero-order valence-electron chi connectivity index (χ0n) is 15.1. The molecular formula is C18H28N2O4. The van der Waals surface area contributed by atoms with Crippen LogP contribution >= 0.6 is 0 Å². The van der Waals surface area contributed by atoms with Gasteiger partial charge in [-0.2, -0.15) is 0 Å². The average Bonchev–Trinajstić information content (AvgIpc) is 2.50. The molecule has 2 N–H and O–H groups in total. The zero-order chi connectivity index (χ0) is 18.2. The minimum atomic E-state index is -0.525. The zero-order valence-corrected chi connectivity index (χ0v) is 15.1. The lowest BCUT2D eigenvalue weighted by atomic mass is 10.1. The van der Waals surface area contributed by atoms with E-state index >= 15 is 0 Å². The molecule has 0 aliphatic rings. The van der Waals surface area contributed by atoms with E-state index in [4.69, 9.17) is 9.47 Å². The molecule has 1 aromatic carbocycles. The first-order valence-electron chi connectivity index (χ1n) is 8.13. The number of nitrogens with one attached hydrogen (secondary N) is 2. The van der Waals surface area contributed by atoms with E-state index in [1.807, 2.05) is 65.0 Å². The molecule has 1 rings (SSSR count). The number of hydrogen-bond donors (Lipinski definition) is 2. The third-order valence-corrected chi connectivity index (χ3v) is 3.14. The monoisotopic (exact) mass is 336 g/mol. The highest BCUT2D eigenvalue weighted by atomic mass is 16.6. The fourth-order valence-corrected chi connectivity index (χ4v) is 1.90. The van der Waals surface area contributed by atoms with Gasteiger partial charge in [0, 0.05) is 13.1 Å². The Hall–Kier alpha value is -2.24. The van der Waals surface area contributed by atoms with E-state index < -0.39 is 17.8 Å². The summed E-state index contributed by atoms with van der Waals surface area (Å²) in [7, 11) is 0. The first-order chi connectivity index (χ1) is 11.2. The molecule has 0 saturated heterocycles. The van der Waals surface area contributed by atoms with Gasteiger partial charge in [-0.15, -0.1) is 0 Å². The Morgan fingerprint density at radius 2 is 1.54 bits per heavy atom. The minimum Gasteiger partial charge on any atom is -0.444 e. The molecule has 24 heavy (non-hydrogen) atoms. The van der Waals surface area contributed by atoms with Crippen molar-refractivity contribution in [2.75, 3.05) is 13.1 Å². The van der Waals surface area contributed by atoms with E-state index in [2.05, 4.69) is 10.6 Å². The highest BCUT2D eigenvalue weighted by molar-refractivity contribution is 5.68. The van der Waals surface area contributed by atoms with Crippen LogP contribution in [0.4, 0.5) is 9.59 Å². The van der Waals surface area contributed by atoms with Crippen LogP contribution < -0.4 is 10.6 Å². The maximum atomic E-state index is 11.8. The van der Waals surface area contributed by atoms with Gasteiger partial charge in [0.2, 0.25) is 0 Å². The van der Waals surface area contributed by atoms with Crippen LogP contribution in [0.1, 0.15) is 46.3 Å². The molecule has 0 fully saturated rings. The van der Waals surface area contributed by atoms with Gasteiger partial charge < -0.3 is 20.1 Å². The Balaban J connectivity index is 2.25. The molecule has 2 amide bonds. The molecule has 0 bridgehead atoms. The largest absolute Gasteiger partial charge is 0.444 e. The maximum absolute atomic E-state index is 11.8. The predicted molar refractivity (Wildman–Crippen MR) is 92.7 cm³/mol. The van der Waals surface area contributed by atoms with Crippen molar-refractivity contribution in [2.24, 2.45) is 5.92 Å². The number of rotatable bonds is 6. The van der Waals surface area contributed by atoms with Gasteiger partial charge in [-0.25, -0.2) is 9.59 Å². The van der Waals surface area contributed by atoms with Crippen molar-refractivity contribution < 1.29 is 19.1 Å². The molecule has 2 atom stereocenters. The SMILES string of the molecule is C[C@@H](CNC(=O)O[C@@H](C)c1ccccc1)CNC(=O)OC(C)(C)C. The van der Waals surface area contributed by atoms with E-state index in [-0.39, 0.29) is 12.0 Å². The van der Waals surface area contributed by atoms with E-state index in [1.165, 1.54) is 0 Å². The van der Waals surface area contributed by atoms with Crippen molar-refractivity contribution in [2.45, 2.75) is 46.3 Å². The van der Waals surface area contributed by atoms with E-state index in [0.717, 1.165) is 5.56 Å². The van der Waals surface area contributed by atoms with Gasteiger partial charge in [0.15, 0.2) is 0 Å². The predicted octanol–water partition coefficient (Wildman–Crippen LogP) is 3.63. The van der Waals surface area contributed by atoms with Crippen LogP contribution in [0.25, 0.3) is 0 Å². The molecule has 0 aliphatic carbocycles. The lowest BCUT2D eigenvalue weighted by molar-refractivity contribution is 0.0520. The van der Waals surface area contributed by atoms with Gasteiger partial charge in [0.05, 0.1) is 0 Å². The lowest BCUT2D eigenvalue weighted by Crippen LogP contribution is -2.38. The van der Waals surface area contributed by atoms with Gasteiger partial charge in [-0.3, -0.25) is 0 Å². The van der Waals surface area contributed by atoms with Crippen molar-refractivity contribution in [3.8, 4) is 0 Å². The normalized spacial score (nSPS) is 13.5. The summed E-state index contributed by atoms with van der Waals surface area (Å²) in [4.78, 5) is 23.4. The number of amides is 2. The Kier molecular flexibility index (Phi) is 7.55. The summed E-state index contributed by atoms with van der Waals surface area (Å²) < 4.78 is 10.5. The summed E-state index contributed by atoms with van der Waals surface area (Å²) in [5.41, 5.74) is 0.412. The van der Waals surface area contributed by atoms with Crippen LogP contribution in [-0.4, -0.2) is 30.9 Å². The molecule has 6 heteroatoms. The van der Waals surface area contributed by atoms with Gasteiger partial charge in [0.25, 0.3) is 0 Å². The summed E-state index contributed by atoms with van der Waals surface area (Å²) in [6.07, 6.45) is -1.26. The Bertz CT molecular complexity index is 526. The van der Waals surface area contributed by atoms with Crippen LogP contribution in [0, 0.1) is 5.92 Å². The van der Waals surface area contributed by atoms with Crippen LogP contribution in [0.2, 0.25) is 0 Å². The summed E-state index contributed by atoms with van der Waals surface area (Å²) in [6.45, 7) is 9.96. The highest BCUT2D eigenvalue weighted by Gasteiger charge is 2.17. The second kappa shape index (κ2) is 9.15. The molecule has 0 radical (unpaired) electrons. The number of ether oxygens (including phenoxy) is 2. The smallest absolute Gasteiger partial charge is 0.407 e. The first kappa shape index (κ1) is 19.8. The van der Waals surface area contributed by atoms with E-state index in [1.54, 1.807) is 0 Å². The quantitative estimate of drug-likeness (QED) is 0.831. The molecule has 0 spiro atoms. The summed E-state index contributed by atoms with van der Waals surface area (Å²) in [6, 6.07) is 9.53. The molecule has 0 unspecified atom stereocenters. The first-order valence-corrected chi connectivity index (χ1v) is 8.13. The standard InChI is InChI=1S/C18H28N2O4/c1-13(12-20-17(22)24-18(3,4)5)11-19-16(21)23-14(2)15-9-7-6-8-10-15/h6-10,13-14H,11-12H2,1-5H3,(H,19,21)(H,20,22)/t13-,14-/m0/s1. The Morgan fingerprint density at radius 1 is 1.00 bits per heavy atom. The number of benzene rings is 1. The third kappa shape index (κ3) is 8.41. The minimum absolute atomic E-state index is 0.0529. The molecule has 0 aromatic heterocycles. The van der Waals surface area contributed by atoms with Crippen molar-refractivity contribution >= 4 is 12.2 Å². The fraction of sp³-hybridized carbons (Fsp3) is 0.556. The van der Waals surface area contributed by atoms with Crippen molar-refractivity contribution in [1.82, 2.24) is 10.6 Å². The summed E-state index contributed by atoms with van der Waals surface area (Å²) in [5, 5.41) is 5.38. The molecule has 6 nitrogen and oxygen atoms in total. The third-order valence-electron chi connectivity index (χ3n) is 3.14. The van der Waals surface area contributed by atoms with Crippen LogP contribution in [0.15, 0.2) is 30.3 Å². The molecule has 0 aliphatic heterocycles. The molecule has 0 saturated carbocycles. The van der Waals surface area contributed by atoms with E-state index in [0.29, 0.717) is 13.1 Å². The fourth-order valence-electron chi connectivity index (χ4n) is 1.90. The number of carbonyl (C=O) groups excluding carboxylic acids is 2. The van der Waals surface area contributed by atoms with Crippen molar-refractivity contribution in [3.63, 3.8) is 0 Å². The van der Waals surface area contributed by atoms with Crippen LogP contribution in [0.3, 0.4) is 0 Å². The number of alkyl carbamates (subject to hydrolysis) is 2. The van der Waals surface area contributed by atoms with Gasteiger partial charge in [-0.1, -0.05) is 37.3 Å². The van der Waals surface area contributed by atoms with Gasteiger partial charge >= 0.3 is 12.2 Å². The molecular weight excluding hydrogens is 308 g/mol. The number of carbonyl (C=O) groups is 2. The Labute approximate surface area is 143 Å². The topological polar surface area (TPSA) is 76.7 Å². The average molecular weight is 336 g/mol. The summed E-state index contributed by atoms with van der Waals surface area (Å²) in [5.74, 6) is 0.0529. The van der Waals surface area contributed by atoms with Crippen LogP contribution in [-0.2, 0) is 9.47 Å². The Morgan fingerprint density at radius 3 is 2.08 bits per heavy atom. The van der Waals surface area contributed by atoms with Gasteiger partial charge in [0.1, 0.15) is 11.7 Å². The number of hydrogen-bond acceptors (Lipinski definition) is 4. The molecule has 134 valence electrons. The van der Waals surface area contributed by atoms with Gasteiger partial charge in [-0.05, 0) is 39.2 Å². The molecule has 0 heterocycles. The van der Waals surface area contributed by atoms with Crippen molar-refractivity contribution in [3.05, 3.63) is 35.9 Å². The second-order valence-electron chi connectivity index (χ2n) is 6.83. The van der Waals surface area contributed by atoms with Crippen LogP contribution in [0.5, 0.6) is 0 Å². The molecule has 1 aromatic rings.